The summed E-state index contributed by atoms with van der Waals surface area (Å²) in [7, 11) is 1.59. The number of aryl methyl sites for hydroxylation is 1. The first kappa shape index (κ1) is 14.8. The van der Waals surface area contributed by atoms with Gasteiger partial charge in [-0.15, -0.1) is 11.3 Å². The van der Waals surface area contributed by atoms with Gasteiger partial charge in [-0.1, -0.05) is 0 Å². The minimum Gasteiger partial charge on any atom is -0.481 e. The van der Waals surface area contributed by atoms with Crippen molar-refractivity contribution >= 4 is 23.2 Å². The van der Waals surface area contributed by atoms with Crippen molar-refractivity contribution < 1.29 is 9.53 Å². The van der Waals surface area contributed by atoms with Crippen molar-refractivity contribution in [3.8, 4) is 5.88 Å². The van der Waals surface area contributed by atoms with Gasteiger partial charge < -0.3 is 14.5 Å². The Morgan fingerprint density at radius 3 is 2.68 bits per heavy atom. The first-order valence-corrected chi connectivity index (χ1v) is 8.02. The van der Waals surface area contributed by atoms with Crippen LogP contribution in [0.3, 0.4) is 0 Å². The van der Waals surface area contributed by atoms with Crippen LogP contribution in [-0.2, 0) is 0 Å². The summed E-state index contributed by atoms with van der Waals surface area (Å²) in [5.74, 6) is 1.33. The van der Waals surface area contributed by atoms with Crippen LogP contribution in [-0.4, -0.2) is 54.1 Å². The number of nitrogens with zero attached hydrogens (tertiary/aromatic N) is 4. The zero-order chi connectivity index (χ0) is 15.5. The molecule has 0 unspecified atom stereocenters. The Labute approximate surface area is 133 Å². The maximum Gasteiger partial charge on any atom is 0.264 e. The van der Waals surface area contributed by atoms with E-state index in [9.17, 15) is 4.79 Å². The highest BCUT2D eigenvalue weighted by atomic mass is 32.1. The van der Waals surface area contributed by atoms with E-state index in [2.05, 4.69) is 14.9 Å². The second-order valence-electron chi connectivity index (χ2n) is 5.11. The number of rotatable bonds is 3. The second kappa shape index (κ2) is 6.31. The lowest BCUT2D eigenvalue weighted by Crippen LogP contribution is -2.49. The highest BCUT2D eigenvalue weighted by Gasteiger charge is 2.25. The molecule has 7 heteroatoms. The zero-order valence-electron chi connectivity index (χ0n) is 12.7. The predicted octanol–water partition coefficient (Wildman–Crippen LogP) is 1.82. The van der Waals surface area contributed by atoms with Crippen LogP contribution in [0.2, 0.25) is 0 Å². The number of hydrogen-bond acceptors (Lipinski definition) is 6. The number of ether oxygens (including phenoxy) is 1. The Morgan fingerprint density at radius 1 is 1.27 bits per heavy atom. The monoisotopic (exact) mass is 318 g/mol. The molecule has 1 fully saturated rings. The van der Waals surface area contributed by atoms with Crippen molar-refractivity contribution in [1.29, 1.82) is 0 Å². The smallest absolute Gasteiger partial charge is 0.264 e. The minimum absolute atomic E-state index is 0.124. The van der Waals surface area contributed by atoms with E-state index in [0.29, 0.717) is 24.9 Å². The summed E-state index contributed by atoms with van der Waals surface area (Å²) < 4.78 is 5.13. The Bertz CT molecular complexity index is 665. The van der Waals surface area contributed by atoms with Crippen molar-refractivity contribution in [3.05, 3.63) is 34.2 Å². The van der Waals surface area contributed by atoms with Crippen molar-refractivity contribution in [3.63, 3.8) is 0 Å². The molecule has 0 aliphatic carbocycles. The van der Waals surface area contributed by atoms with Crippen molar-refractivity contribution in [2.24, 2.45) is 0 Å². The highest BCUT2D eigenvalue weighted by Crippen LogP contribution is 2.20. The molecule has 22 heavy (non-hydrogen) atoms. The molecular formula is C15H18N4O2S. The van der Waals surface area contributed by atoms with Gasteiger partial charge in [0.1, 0.15) is 0 Å². The summed E-state index contributed by atoms with van der Waals surface area (Å²) in [5, 5.41) is 1.96. The third kappa shape index (κ3) is 2.89. The maximum absolute atomic E-state index is 12.5. The lowest BCUT2D eigenvalue weighted by atomic mass is 10.2. The molecule has 1 aliphatic rings. The van der Waals surface area contributed by atoms with Crippen LogP contribution in [0, 0.1) is 6.92 Å². The first-order valence-electron chi connectivity index (χ1n) is 7.14. The fourth-order valence-electron chi connectivity index (χ4n) is 2.44. The largest absolute Gasteiger partial charge is 0.481 e. The number of thiophene rings is 1. The molecule has 1 saturated heterocycles. The first-order chi connectivity index (χ1) is 10.7. The molecular weight excluding hydrogens is 300 g/mol. The molecule has 0 bridgehead atoms. The van der Waals surface area contributed by atoms with E-state index in [4.69, 9.17) is 4.74 Å². The van der Waals surface area contributed by atoms with E-state index >= 15 is 0 Å². The maximum atomic E-state index is 12.5. The van der Waals surface area contributed by atoms with Gasteiger partial charge in [0, 0.05) is 38.4 Å². The fraction of sp³-hybridized carbons (Fsp3) is 0.400. The summed E-state index contributed by atoms with van der Waals surface area (Å²) in [6.07, 6.45) is 1.69. The third-order valence-electron chi connectivity index (χ3n) is 3.73. The van der Waals surface area contributed by atoms with Crippen molar-refractivity contribution in [2.45, 2.75) is 6.92 Å². The quantitative estimate of drug-likeness (QED) is 0.864. The summed E-state index contributed by atoms with van der Waals surface area (Å²) in [4.78, 5) is 25.9. The molecule has 0 spiro atoms. The van der Waals surface area contributed by atoms with Crippen molar-refractivity contribution in [1.82, 2.24) is 14.9 Å². The summed E-state index contributed by atoms with van der Waals surface area (Å²) in [6, 6.07) is 3.71. The van der Waals surface area contributed by atoms with Gasteiger partial charge in [0.15, 0.2) is 0 Å². The number of hydrogen-bond donors (Lipinski definition) is 0. The van der Waals surface area contributed by atoms with E-state index < -0.39 is 0 Å². The van der Waals surface area contributed by atoms with E-state index in [1.165, 1.54) is 11.3 Å². The molecule has 116 valence electrons. The molecule has 0 saturated carbocycles. The van der Waals surface area contributed by atoms with Crippen LogP contribution >= 0.6 is 11.3 Å². The molecule has 1 amide bonds. The second-order valence-corrected chi connectivity index (χ2v) is 6.03. The van der Waals surface area contributed by atoms with Crippen LogP contribution in [0.5, 0.6) is 5.88 Å². The average Bonchev–Trinajstić information content (AvgIpc) is 3.00. The third-order valence-corrected chi connectivity index (χ3v) is 4.74. The highest BCUT2D eigenvalue weighted by molar-refractivity contribution is 7.12. The molecule has 2 aromatic rings. The van der Waals surface area contributed by atoms with Gasteiger partial charge in [-0.3, -0.25) is 4.79 Å². The zero-order valence-corrected chi connectivity index (χ0v) is 13.5. The van der Waals surface area contributed by atoms with Crippen molar-refractivity contribution in [2.75, 3.05) is 38.2 Å². The van der Waals surface area contributed by atoms with Gasteiger partial charge in [0.2, 0.25) is 11.8 Å². The van der Waals surface area contributed by atoms with Crippen LogP contribution in [0.1, 0.15) is 15.2 Å². The van der Waals surface area contributed by atoms with Crippen LogP contribution in [0.4, 0.5) is 5.95 Å². The standard InChI is InChI=1S/C15H18N4O2S/c1-11-4-10-22-13(11)14(20)18-6-8-19(9-7-18)15-16-5-3-12(17-15)21-2/h3-5,10H,6-9H2,1-2H3. The van der Waals surface area contributed by atoms with Gasteiger partial charge in [-0.25, -0.2) is 4.98 Å². The number of carbonyl (C=O) groups excluding carboxylic acids is 1. The molecule has 2 aromatic heterocycles. The molecule has 6 nitrogen and oxygen atoms in total. The lowest BCUT2D eigenvalue weighted by molar-refractivity contribution is 0.0750. The molecule has 1 aliphatic heterocycles. The molecule has 0 radical (unpaired) electrons. The van der Waals surface area contributed by atoms with E-state index in [-0.39, 0.29) is 5.91 Å². The van der Waals surface area contributed by atoms with Gasteiger partial charge in [-0.05, 0) is 23.9 Å². The Hall–Kier alpha value is -2.15. The molecule has 3 rings (SSSR count). The Kier molecular flexibility index (Phi) is 4.24. The van der Waals surface area contributed by atoms with Crippen LogP contribution < -0.4 is 9.64 Å². The Balaban J connectivity index is 1.65. The summed E-state index contributed by atoms with van der Waals surface area (Å²) >= 11 is 1.51. The molecule has 0 N–H and O–H groups in total. The normalized spacial score (nSPS) is 15.0. The lowest BCUT2D eigenvalue weighted by Gasteiger charge is -2.34. The Morgan fingerprint density at radius 2 is 2.05 bits per heavy atom. The van der Waals surface area contributed by atoms with Crippen LogP contribution in [0.15, 0.2) is 23.7 Å². The average molecular weight is 318 g/mol. The predicted molar refractivity (Wildman–Crippen MR) is 85.8 cm³/mol. The summed E-state index contributed by atoms with van der Waals surface area (Å²) in [6.45, 7) is 4.78. The van der Waals surface area contributed by atoms with Gasteiger partial charge >= 0.3 is 0 Å². The van der Waals surface area contributed by atoms with Gasteiger partial charge in [-0.2, -0.15) is 4.98 Å². The molecule has 0 atom stereocenters. The fourth-order valence-corrected chi connectivity index (χ4v) is 3.34. The van der Waals surface area contributed by atoms with E-state index in [0.717, 1.165) is 23.5 Å². The number of aromatic nitrogens is 2. The van der Waals surface area contributed by atoms with Gasteiger partial charge in [0.25, 0.3) is 5.91 Å². The number of anilines is 1. The molecule has 0 aromatic carbocycles. The molecule has 3 heterocycles. The van der Waals surface area contributed by atoms with E-state index in [1.54, 1.807) is 19.4 Å². The SMILES string of the molecule is COc1ccnc(N2CCN(C(=O)c3sccc3C)CC2)n1. The van der Waals surface area contributed by atoms with Gasteiger partial charge in [0.05, 0.1) is 12.0 Å². The minimum atomic E-state index is 0.124. The number of methoxy groups -OCH3 is 1. The number of carbonyl (C=O) groups is 1. The van der Waals surface area contributed by atoms with Crippen LogP contribution in [0.25, 0.3) is 0 Å². The number of amides is 1. The number of piperazine rings is 1. The summed E-state index contributed by atoms with van der Waals surface area (Å²) in [5.41, 5.74) is 1.05. The topological polar surface area (TPSA) is 58.6 Å². The van der Waals surface area contributed by atoms with E-state index in [1.807, 2.05) is 23.3 Å².